The molecule has 0 bridgehead atoms. The second kappa shape index (κ2) is 6.61. The molecule has 21 heavy (non-hydrogen) atoms. The molecular weight excluding hydrogens is 322 g/mol. The molecule has 1 aromatic rings. The number of ether oxygens (including phenoxy) is 3. The van der Waals surface area contributed by atoms with Gasteiger partial charge in [0, 0.05) is 22.4 Å². The summed E-state index contributed by atoms with van der Waals surface area (Å²) in [5.41, 5.74) is 0.370. The molecule has 0 radical (unpaired) electrons. The first-order valence-corrected chi connectivity index (χ1v) is 8.35. The van der Waals surface area contributed by atoms with E-state index in [-0.39, 0.29) is 23.2 Å². The summed E-state index contributed by atoms with van der Waals surface area (Å²) in [4.78, 5) is 11.8. The molecule has 0 aromatic heterocycles. The number of halogens is 1. The second-order valence-electron chi connectivity index (χ2n) is 4.23. The van der Waals surface area contributed by atoms with Crippen molar-refractivity contribution in [3.63, 3.8) is 0 Å². The predicted octanol–water partition coefficient (Wildman–Crippen LogP) is 0.977. The van der Waals surface area contributed by atoms with Crippen molar-refractivity contribution in [2.24, 2.45) is 0 Å². The van der Waals surface area contributed by atoms with Gasteiger partial charge < -0.3 is 19.5 Å². The third-order valence-corrected chi connectivity index (χ3v) is 4.16. The maximum absolute atomic E-state index is 11.9. The highest BCUT2D eigenvalue weighted by molar-refractivity contribution is 8.13. The van der Waals surface area contributed by atoms with Crippen molar-refractivity contribution in [3.05, 3.63) is 18.2 Å². The van der Waals surface area contributed by atoms with Gasteiger partial charge >= 0.3 is 0 Å². The van der Waals surface area contributed by atoms with E-state index in [1.165, 1.54) is 25.3 Å². The van der Waals surface area contributed by atoms with Gasteiger partial charge in [0.05, 0.1) is 26.9 Å². The van der Waals surface area contributed by atoms with Crippen LogP contribution in [0.3, 0.4) is 0 Å². The predicted molar refractivity (Wildman–Crippen MR) is 75.2 cm³/mol. The van der Waals surface area contributed by atoms with Crippen molar-refractivity contribution in [1.29, 1.82) is 0 Å². The van der Waals surface area contributed by atoms with Gasteiger partial charge in [-0.3, -0.25) is 4.79 Å². The van der Waals surface area contributed by atoms with E-state index in [1.807, 2.05) is 0 Å². The van der Waals surface area contributed by atoms with Crippen LogP contribution >= 0.6 is 10.7 Å². The molecular formula is C12H14ClNO6S. The molecule has 0 aliphatic carbocycles. The molecule has 116 valence electrons. The molecule has 1 unspecified atom stereocenters. The molecule has 7 nitrogen and oxygen atoms in total. The molecule has 1 aliphatic rings. The van der Waals surface area contributed by atoms with Gasteiger partial charge in [-0.1, -0.05) is 0 Å². The molecule has 1 saturated heterocycles. The molecule has 1 aromatic carbocycles. The fraction of sp³-hybridized carbons (Fsp3) is 0.417. The van der Waals surface area contributed by atoms with Gasteiger partial charge in [0.2, 0.25) is 0 Å². The summed E-state index contributed by atoms with van der Waals surface area (Å²) in [6.45, 7) is 0.988. The number of hydrogen-bond donors (Lipinski definition) is 1. The summed E-state index contributed by atoms with van der Waals surface area (Å²) in [5, 5.41) is 2.60. The minimum atomic E-state index is -3.92. The van der Waals surface area contributed by atoms with Crippen molar-refractivity contribution >= 4 is 31.3 Å². The highest BCUT2D eigenvalue weighted by Gasteiger charge is 2.23. The summed E-state index contributed by atoms with van der Waals surface area (Å²) in [6.07, 6.45) is -0.693. The number of carbonyl (C=O) groups is 1. The van der Waals surface area contributed by atoms with Gasteiger partial charge in [0.25, 0.3) is 15.0 Å². The minimum Gasteiger partial charge on any atom is -0.495 e. The molecule has 9 heteroatoms. The Hall–Kier alpha value is -1.35. The monoisotopic (exact) mass is 335 g/mol. The van der Waals surface area contributed by atoms with Crippen LogP contribution in [0.4, 0.5) is 5.69 Å². The fourth-order valence-electron chi connectivity index (χ4n) is 1.81. The first-order valence-electron chi connectivity index (χ1n) is 6.04. The van der Waals surface area contributed by atoms with Gasteiger partial charge in [-0.05, 0) is 12.1 Å². The first-order chi connectivity index (χ1) is 9.91. The summed E-state index contributed by atoms with van der Waals surface area (Å²) in [6, 6.07) is 4.05. The number of amides is 1. The average Bonchev–Trinajstić information content (AvgIpc) is 2.46. The molecule has 2 rings (SSSR count). The number of nitrogens with one attached hydrogen (secondary N) is 1. The van der Waals surface area contributed by atoms with E-state index in [1.54, 1.807) is 0 Å². The molecule has 1 aliphatic heterocycles. The molecule has 0 saturated carbocycles. The second-order valence-corrected chi connectivity index (χ2v) is 6.76. The Labute approximate surface area is 126 Å². The van der Waals surface area contributed by atoms with E-state index in [4.69, 9.17) is 24.9 Å². The summed E-state index contributed by atoms with van der Waals surface area (Å²) in [7, 11) is 2.68. The van der Waals surface area contributed by atoms with Crippen LogP contribution in [0.5, 0.6) is 5.75 Å². The van der Waals surface area contributed by atoms with Crippen molar-refractivity contribution in [1.82, 2.24) is 0 Å². The molecule has 1 amide bonds. The van der Waals surface area contributed by atoms with E-state index in [0.29, 0.717) is 18.9 Å². The van der Waals surface area contributed by atoms with Gasteiger partial charge in [0.15, 0.2) is 6.10 Å². The topological polar surface area (TPSA) is 90.9 Å². The first kappa shape index (κ1) is 16.0. The van der Waals surface area contributed by atoms with Crippen molar-refractivity contribution in [2.75, 3.05) is 32.2 Å². The van der Waals surface area contributed by atoms with Crippen LogP contribution in [-0.4, -0.2) is 47.4 Å². The largest absolute Gasteiger partial charge is 0.495 e. The lowest BCUT2D eigenvalue weighted by Crippen LogP contribution is -2.39. The van der Waals surface area contributed by atoms with Crippen molar-refractivity contribution in [2.45, 2.75) is 11.0 Å². The quantitative estimate of drug-likeness (QED) is 0.825. The van der Waals surface area contributed by atoms with Gasteiger partial charge in [0.1, 0.15) is 10.6 Å². The maximum Gasteiger partial charge on any atom is 0.264 e. The Morgan fingerprint density at radius 2 is 2.19 bits per heavy atom. The number of carbonyl (C=O) groups excluding carboxylic acids is 1. The highest BCUT2D eigenvalue weighted by Crippen LogP contribution is 2.29. The number of rotatable bonds is 4. The Kier molecular flexibility index (Phi) is 5.04. The van der Waals surface area contributed by atoms with Crippen molar-refractivity contribution in [3.8, 4) is 5.75 Å². The standard InChI is InChI=1S/C12H14ClNO6S/c1-18-9-6-8(2-3-11(9)21(13,16)17)14-12(15)10-7-19-4-5-20-10/h2-3,6,10H,4-5,7H2,1H3,(H,14,15). The lowest BCUT2D eigenvalue weighted by Gasteiger charge is -2.22. The van der Waals surface area contributed by atoms with E-state index >= 15 is 0 Å². The van der Waals surface area contributed by atoms with E-state index < -0.39 is 15.2 Å². The molecule has 1 heterocycles. The number of methoxy groups -OCH3 is 1. The normalized spacial score (nSPS) is 19.0. The van der Waals surface area contributed by atoms with Crippen molar-refractivity contribution < 1.29 is 27.4 Å². The molecule has 1 fully saturated rings. The van der Waals surface area contributed by atoms with Crippen LogP contribution < -0.4 is 10.1 Å². The maximum atomic E-state index is 11.9. The van der Waals surface area contributed by atoms with E-state index in [9.17, 15) is 13.2 Å². The Balaban J connectivity index is 2.15. The van der Waals surface area contributed by atoms with Crippen LogP contribution in [0.2, 0.25) is 0 Å². The Morgan fingerprint density at radius 3 is 2.76 bits per heavy atom. The van der Waals surface area contributed by atoms with Crippen LogP contribution in [0, 0.1) is 0 Å². The zero-order valence-corrected chi connectivity index (χ0v) is 12.7. The smallest absolute Gasteiger partial charge is 0.264 e. The Morgan fingerprint density at radius 1 is 1.43 bits per heavy atom. The average molecular weight is 336 g/mol. The summed E-state index contributed by atoms with van der Waals surface area (Å²) in [5.74, 6) is -0.332. The van der Waals surface area contributed by atoms with Crippen LogP contribution in [0.1, 0.15) is 0 Å². The van der Waals surface area contributed by atoms with Crippen LogP contribution in [-0.2, 0) is 23.3 Å². The lowest BCUT2D eigenvalue weighted by molar-refractivity contribution is -0.142. The SMILES string of the molecule is COc1cc(NC(=O)C2COCCO2)ccc1S(=O)(=O)Cl. The zero-order chi connectivity index (χ0) is 15.5. The number of benzene rings is 1. The van der Waals surface area contributed by atoms with Crippen LogP contribution in [0.15, 0.2) is 23.1 Å². The Bertz CT molecular complexity index is 627. The molecule has 0 spiro atoms. The summed E-state index contributed by atoms with van der Waals surface area (Å²) >= 11 is 0. The summed E-state index contributed by atoms with van der Waals surface area (Å²) < 4.78 is 38.1. The van der Waals surface area contributed by atoms with E-state index in [0.717, 1.165) is 0 Å². The van der Waals surface area contributed by atoms with Gasteiger partial charge in [-0.25, -0.2) is 8.42 Å². The molecule has 1 atom stereocenters. The molecule has 1 N–H and O–H groups in total. The number of hydrogen-bond acceptors (Lipinski definition) is 6. The minimum absolute atomic E-state index is 0.0450. The lowest BCUT2D eigenvalue weighted by atomic mass is 10.2. The highest BCUT2D eigenvalue weighted by atomic mass is 35.7. The third-order valence-electron chi connectivity index (χ3n) is 2.80. The van der Waals surface area contributed by atoms with E-state index in [2.05, 4.69) is 5.32 Å². The number of anilines is 1. The van der Waals surface area contributed by atoms with Gasteiger partial charge in [-0.2, -0.15) is 0 Å². The third kappa shape index (κ3) is 4.07. The van der Waals surface area contributed by atoms with Gasteiger partial charge in [-0.15, -0.1) is 0 Å². The fourth-order valence-corrected chi connectivity index (χ4v) is 2.80. The van der Waals surface area contributed by atoms with Crippen LogP contribution in [0.25, 0.3) is 0 Å². The zero-order valence-electron chi connectivity index (χ0n) is 11.2.